The number of hydrogen-bond acceptors (Lipinski definition) is 4. The largest absolute Gasteiger partial charge is 0.491 e. The lowest BCUT2D eigenvalue weighted by molar-refractivity contribution is -0.145. The third-order valence-corrected chi connectivity index (χ3v) is 2.71. The summed E-state index contributed by atoms with van der Waals surface area (Å²) in [6, 6.07) is 6.94. The van der Waals surface area contributed by atoms with Crippen LogP contribution < -0.4 is 10.1 Å². The summed E-state index contributed by atoms with van der Waals surface area (Å²) >= 11 is 0. The van der Waals surface area contributed by atoms with Crippen molar-refractivity contribution in [2.45, 2.75) is 39.0 Å². The van der Waals surface area contributed by atoms with E-state index in [9.17, 15) is 9.90 Å². The minimum atomic E-state index is -1.14. The highest BCUT2D eigenvalue weighted by Crippen LogP contribution is 2.15. The number of aliphatic hydroxyl groups is 1. The Morgan fingerprint density at radius 2 is 1.95 bits per heavy atom. The number of aliphatic hydroxyl groups excluding tert-OH is 1. The van der Waals surface area contributed by atoms with Crippen molar-refractivity contribution in [1.82, 2.24) is 5.32 Å². The van der Waals surface area contributed by atoms with Gasteiger partial charge in [-0.3, -0.25) is 10.1 Å². The molecule has 0 saturated carbocycles. The Kier molecular flexibility index (Phi) is 5.32. The highest BCUT2D eigenvalue weighted by Gasteiger charge is 2.34. The molecule has 0 aliphatic heterocycles. The van der Waals surface area contributed by atoms with Gasteiger partial charge >= 0.3 is 5.97 Å². The second-order valence-electron chi connectivity index (χ2n) is 5.03. The van der Waals surface area contributed by atoms with Crippen LogP contribution in [0.2, 0.25) is 0 Å². The third-order valence-electron chi connectivity index (χ3n) is 2.71. The van der Waals surface area contributed by atoms with E-state index in [0.717, 1.165) is 5.56 Å². The second-order valence-corrected chi connectivity index (χ2v) is 5.03. The first-order valence-electron chi connectivity index (χ1n) is 6.21. The van der Waals surface area contributed by atoms with Crippen LogP contribution in [0.15, 0.2) is 24.3 Å². The van der Waals surface area contributed by atoms with Crippen molar-refractivity contribution < 1.29 is 19.7 Å². The van der Waals surface area contributed by atoms with E-state index < -0.39 is 11.5 Å². The van der Waals surface area contributed by atoms with Crippen LogP contribution in [0.1, 0.15) is 26.3 Å². The zero-order chi connectivity index (χ0) is 14.5. The number of carboxylic acid groups (broad SMARTS) is 1. The van der Waals surface area contributed by atoms with E-state index in [1.54, 1.807) is 31.2 Å². The summed E-state index contributed by atoms with van der Waals surface area (Å²) in [7, 11) is 0. The van der Waals surface area contributed by atoms with E-state index >= 15 is 0 Å². The first-order valence-corrected chi connectivity index (χ1v) is 6.21. The van der Waals surface area contributed by atoms with E-state index in [4.69, 9.17) is 9.84 Å². The van der Waals surface area contributed by atoms with Gasteiger partial charge in [-0.25, -0.2) is 0 Å². The fourth-order valence-corrected chi connectivity index (χ4v) is 1.72. The molecule has 0 fully saturated rings. The predicted octanol–water partition coefficient (Wildman–Crippen LogP) is 1.40. The van der Waals surface area contributed by atoms with Crippen LogP contribution in [0.25, 0.3) is 0 Å². The van der Waals surface area contributed by atoms with Crippen LogP contribution >= 0.6 is 0 Å². The molecule has 19 heavy (non-hydrogen) atoms. The number of aliphatic carboxylic acids is 1. The van der Waals surface area contributed by atoms with E-state index in [2.05, 4.69) is 5.32 Å². The van der Waals surface area contributed by atoms with E-state index in [1.807, 2.05) is 13.8 Å². The maximum atomic E-state index is 11.3. The van der Waals surface area contributed by atoms with E-state index in [1.165, 1.54) is 0 Å². The van der Waals surface area contributed by atoms with Crippen LogP contribution in [0, 0.1) is 0 Å². The summed E-state index contributed by atoms with van der Waals surface area (Å²) in [5.74, 6) is -0.372. The molecule has 0 spiro atoms. The van der Waals surface area contributed by atoms with Gasteiger partial charge in [0.05, 0.1) is 6.61 Å². The quantitative estimate of drug-likeness (QED) is 0.696. The first-order chi connectivity index (χ1) is 8.87. The van der Waals surface area contributed by atoms with Crippen molar-refractivity contribution in [1.29, 1.82) is 0 Å². The molecule has 106 valence electrons. The molecule has 1 aromatic rings. The summed E-state index contributed by atoms with van der Waals surface area (Å²) in [6.07, 6.45) is 0. The van der Waals surface area contributed by atoms with Gasteiger partial charge in [-0.05, 0) is 38.5 Å². The average Bonchev–Trinajstić information content (AvgIpc) is 2.36. The zero-order valence-electron chi connectivity index (χ0n) is 11.5. The van der Waals surface area contributed by atoms with Crippen LogP contribution in [0.4, 0.5) is 0 Å². The number of nitrogens with one attached hydrogen (secondary N) is 1. The van der Waals surface area contributed by atoms with Crippen LogP contribution in [-0.4, -0.2) is 34.4 Å². The van der Waals surface area contributed by atoms with Crippen LogP contribution in [0.5, 0.6) is 5.75 Å². The van der Waals surface area contributed by atoms with Gasteiger partial charge in [-0.2, -0.15) is 0 Å². The number of carbonyl (C=O) groups is 1. The normalized spacial score (nSPS) is 14.2. The SMILES string of the molecule is CC(C)NC(C)(COc1ccc(CO)cc1)C(=O)O. The lowest BCUT2D eigenvalue weighted by Gasteiger charge is -2.28. The van der Waals surface area contributed by atoms with E-state index in [0.29, 0.717) is 5.75 Å². The number of carboxylic acids is 1. The molecule has 1 aromatic carbocycles. The molecule has 0 aliphatic rings. The minimum absolute atomic E-state index is 0.0258. The molecule has 0 bridgehead atoms. The van der Waals surface area contributed by atoms with Crippen LogP contribution in [-0.2, 0) is 11.4 Å². The number of benzene rings is 1. The molecule has 0 amide bonds. The first kappa shape index (κ1) is 15.5. The topological polar surface area (TPSA) is 78.8 Å². The Balaban J connectivity index is 2.67. The van der Waals surface area contributed by atoms with Crippen molar-refractivity contribution in [2.75, 3.05) is 6.61 Å². The Hall–Kier alpha value is -1.59. The summed E-state index contributed by atoms with van der Waals surface area (Å²) in [5, 5.41) is 21.2. The Morgan fingerprint density at radius 1 is 1.37 bits per heavy atom. The molecule has 3 N–H and O–H groups in total. The van der Waals surface area contributed by atoms with Gasteiger partial charge in [-0.1, -0.05) is 12.1 Å². The van der Waals surface area contributed by atoms with Gasteiger partial charge < -0.3 is 14.9 Å². The van der Waals surface area contributed by atoms with Gasteiger partial charge in [0.15, 0.2) is 0 Å². The Bertz CT molecular complexity index is 416. The Labute approximate surface area is 113 Å². The zero-order valence-corrected chi connectivity index (χ0v) is 11.5. The Morgan fingerprint density at radius 3 is 2.37 bits per heavy atom. The second kappa shape index (κ2) is 6.54. The molecular formula is C14H21NO4. The van der Waals surface area contributed by atoms with Gasteiger partial charge in [0, 0.05) is 6.04 Å². The summed E-state index contributed by atoms with van der Waals surface area (Å²) in [4.78, 5) is 11.3. The van der Waals surface area contributed by atoms with Gasteiger partial charge in [0.25, 0.3) is 0 Å². The molecule has 0 heterocycles. The lowest BCUT2D eigenvalue weighted by atomic mass is 10.0. The standard InChI is InChI=1S/C14H21NO4/c1-10(2)15-14(3,13(17)18)9-19-12-6-4-11(8-16)5-7-12/h4-7,10,15-16H,8-9H2,1-3H3,(H,17,18). The molecule has 0 aromatic heterocycles. The highest BCUT2D eigenvalue weighted by atomic mass is 16.5. The van der Waals surface area contributed by atoms with Crippen molar-refractivity contribution in [3.05, 3.63) is 29.8 Å². The van der Waals surface area contributed by atoms with E-state index in [-0.39, 0.29) is 19.3 Å². The number of hydrogen-bond donors (Lipinski definition) is 3. The molecule has 1 unspecified atom stereocenters. The molecule has 0 radical (unpaired) electrons. The highest BCUT2D eigenvalue weighted by molar-refractivity contribution is 5.78. The third kappa shape index (κ3) is 4.54. The van der Waals surface area contributed by atoms with Gasteiger partial charge in [0.1, 0.15) is 17.9 Å². The van der Waals surface area contributed by atoms with Crippen molar-refractivity contribution >= 4 is 5.97 Å². The molecular weight excluding hydrogens is 246 g/mol. The predicted molar refractivity (Wildman–Crippen MR) is 72.2 cm³/mol. The summed E-state index contributed by atoms with van der Waals surface area (Å²) < 4.78 is 5.51. The lowest BCUT2D eigenvalue weighted by Crippen LogP contribution is -2.56. The number of rotatable bonds is 7. The summed E-state index contributed by atoms with van der Waals surface area (Å²) in [5.41, 5.74) is -0.349. The van der Waals surface area contributed by atoms with Gasteiger partial charge in [-0.15, -0.1) is 0 Å². The average molecular weight is 267 g/mol. The van der Waals surface area contributed by atoms with Crippen LogP contribution in [0.3, 0.4) is 0 Å². The van der Waals surface area contributed by atoms with Crippen molar-refractivity contribution in [3.8, 4) is 5.75 Å². The van der Waals surface area contributed by atoms with Crippen molar-refractivity contribution in [2.24, 2.45) is 0 Å². The fraction of sp³-hybridized carbons (Fsp3) is 0.500. The molecule has 5 heteroatoms. The number of ether oxygens (including phenoxy) is 1. The summed E-state index contributed by atoms with van der Waals surface area (Å²) in [6.45, 7) is 5.37. The molecule has 0 aliphatic carbocycles. The molecule has 5 nitrogen and oxygen atoms in total. The molecule has 1 atom stereocenters. The minimum Gasteiger partial charge on any atom is -0.491 e. The smallest absolute Gasteiger partial charge is 0.327 e. The molecule has 1 rings (SSSR count). The monoisotopic (exact) mass is 267 g/mol. The maximum Gasteiger partial charge on any atom is 0.327 e. The maximum absolute atomic E-state index is 11.3. The van der Waals surface area contributed by atoms with Crippen molar-refractivity contribution in [3.63, 3.8) is 0 Å². The fourth-order valence-electron chi connectivity index (χ4n) is 1.72. The molecule has 0 saturated heterocycles. The van der Waals surface area contributed by atoms with Gasteiger partial charge in [0.2, 0.25) is 0 Å².